The summed E-state index contributed by atoms with van der Waals surface area (Å²) >= 11 is 3.36. The zero-order valence-electron chi connectivity index (χ0n) is 5.73. The molecule has 1 nitrogen and oxygen atoms in total. The number of rotatable bonds is 3. The van der Waals surface area contributed by atoms with E-state index in [0.717, 1.165) is 11.8 Å². The predicted molar refractivity (Wildman–Crippen MR) is 41.8 cm³/mol. The van der Waals surface area contributed by atoms with Crippen molar-refractivity contribution in [3.05, 3.63) is 0 Å². The van der Waals surface area contributed by atoms with Gasteiger partial charge in [0.1, 0.15) is 0 Å². The summed E-state index contributed by atoms with van der Waals surface area (Å²) in [4.78, 5) is 0. The van der Waals surface area contributed by atoms with Crippen molar-refractivity contribution in [2.45, 2.75) is 31.8 Å². The maximum atomic E-state index is 9.30. The fraction of sp³-hybridized carbons (Fsp3) is 1.00. The number of hydrogen-bond donors (Lipinski definition) is 1. The van der Waals surface area contributed by atoms with Crippen molar-refractivity contribution in [2.24, 2.45) is 5.92 Å². The molecular weight excluding hydrogens is 180 g/mol. The fourth-order valence-corrected chi connectivity index (χ4v) is 1.50. The average molecular weight is 193 g/mol. The summed E-state index contributed by atoms with van der Waals surface area (Å²) in [7, 11) is 0. The molecule has 0 aromatic heterocycles. The smallest absolute Gasteiger partial charge is 0.0652 e. The minimum absolute atomic E-state index is 0.303. The fourth-order valence-electron chi connectivity index (χ4n) is 1.18. The molecule has 1 N–H and O–H groups in total. The highest BCUT2D eigenvalue weighted by atomic mass is 79.9. The Hall–Kier alpha value is 0.440. The van der Waals surface area contributed by atoms with Gasteiger partial charge in [0.15, 0.2) is 0 Å². The van der Waals surface area contributed by atoms with Crippen molar-refractivity contribution in [1.29, 1.82) is 0 Å². The van der Waals surface area contributed by atoms with Gasteiger partial charge in [-0.2, -0.15) is 0 Å². The third-order valence-electron chi connectivity index (χ3n) is 2.07. The standard InChI is InChI=1S/C7H13BrO/c1-7(9)5-6(7)3-2-4-8/h6,9H,2-5H2,1H3/t6-,7-/m1/s1. The van der Waals surface area contributed by atoms with Gasteiger partial charge in [-0.25, -0.2) is 0 Å². The van der Waals surface area contributed by atoms with E-state index in [2.05, 4.69) is 15.9 Å². The molecule has 54 valence electrons. The van der Waals surface area contributed by atoms with E-state index in [9.17, 15) is 5.11 Å². The quantitative estimate of drug-likeness (QED) is 0.679. The molecule has 0 aromatic rings. The Morgan fingerprint density at radius 2 is 2.33 bits per heavy atom. The van der Waals surface area contributed by atoms with Crippen LogP contribution in [0.3, 0.4) is 0 Å². The van der Waals surface area contributed by atoms with Gasteiger partial charge in [0, 0.05) is 5.33 Å². The summed E-state index contributed by atoms with van der Waals surface area (Å²) in [6.07, 6.45) is 3.39. The van der Waals surface area contributed by atoms with E-state index < -0.39 is 0 Å². The molecule has 1 saturated carbocycles. The van der Waals surface area contributed by atoms with Gasteiger partial charge in [-0.15, -0.1) is 0 Å². The van der Waals surface area contributed by atoms with Crippen molar-refractivity contribution >= 4 is 15.9 Å². The first-order chi connectivity index (χ1) is 4.17. The molecule has 1 aliphatic rings. The minimum atomic E-state index is -0.303. The highest BCUT2D eigenvalue weighted by molar-refractivity contribution is 9.09. The van der Waals surface area contributed by atoms with E-state index in [0.29, 0.717) is 5.92 Å². The average Bonchev–Trinajstić information content (AvgIpc) is 2.35. The molecule has 1 rings (SSSR count). The lowest BCUT2D eigenvalue weighted by Crippen LogP contribution is -2.02. The van der Waals surface area contributed by atoms with Gasteiger partial charge in [-0.05, 0) is 32.1 Å². The third-order valence-corrected chi connectivity index (χ3v) is 2.63. The maximum Gasteiger partial charge on any atom is 0.0652 e. The Balaban J connectivity index is 2.06. The normalized spacial score (nSPS) is 41.0. The Bertz CT molecular complexity index is 101. The first-order valence-electron chi connectivity index (χ1n) is 3.45. The Morgan fingerprint density at radius 1 is 1.78 bits per heavy atom. The van der Waals surface area contributed by atoms with Crippen molar-refractivity contribution in [2.75, 3.05) is 5.33 Å². The van der Waals surface area contributed by atoms with Crippen LogP contribution < -0.4 is 0 Å². The number of halogens is 1. The van der Waals surface area contributed by atoms with Gasteiger partial charge < -0.3 is 5.11 Å². The molecule has 1 aliphatic carbocycles. The van der Waals surface area contributed by atoms with Gasteiger partial charge in [0.05, 0.1) is 5.60 Å². The molecule has 1 fully saturated rings. The van der Waals surface area contributed by atoms with Gasteiger partial charge in [-0.3, -0.25) is 0 Å². The molecule has 9 heavy (non-hydrogen) atoms. The molecule has 0 heterocycles. The van der Waals surface area contributed by atoms with Crippen molar-refractivity contribution in [3.63, 3.8) is 0 Å². The lowest BCUT2D eigenvalue weighted by molar-refractivity contribution is 0.150. The van der Waals surface area contributed by atoms with Crippen molar-refractivity contribution in [1.82, 2.24) is 0 Å². The number of aliphatic hydroxyl groups is 1. The van der Waals surface area contributed by atoms with Crippen LogP contribution in [0.1, 0.15) is 26.2 Å². The zero-order valence-corrected chi connectivity index (χ0v) is 7.32. The molecule has 0 radical (unpaired) electrons. The summed E-state index contributed by atoms with van der Waals surface area (Å²) in [5, 5.41) is 10.4. The molecule has 2 heteroatoms. The summed E-state index contributed by atoms with van der Waals surface area (Å²) in [5.74, 6) is 0.593. The first kappa shape index (κ1) is 7.55. The highest BCUT2D eigenvalue weighted by Crippen LogP contribution is 2.45. The minimum Gasteiger partial charge on any atom is -0.390 e. The summed E-state index contributed by atoms with van der Waals surface area (Å²) in [6, 6.07) is 0. The van der Waals surface area contributed by atoms with Crippen LogP contribution in [0.5, 0.6) is 0 Å². The van der Waals surface area contributed by atoms with Gasteiger partial charge in [0.2, 0.25) is 0 Å². The Morgan fingerprint density at radius 3 is 2.67 bits per heavy atom. The van der Waals surface area contributed by atoms with Crippen molar-refractivity contribution < 1.29 is 5.11 Å². The predicted octanol–water partition coefficient (Wildman–Crippen LogP) is 1.93. The lowest BCUT2D eigenvalue weighted by Gasteiger charge is -1.99. The van der Waals surface area contributed by atoms with E-state index in [1.165, 1.54) is 12.8 Å². The molecule has 2 atom stereocenters. The molecule has 0 unspecified atom stereocenters. The van der Waals surface area contributed by atoms with Crippen LogP contribution >= 0.6 is 15.9 Å². The summed E-state index contributed by atoms with van der Waals surface area (Å²) < 4.78 is 0. The second-order valence-electron chi connectivity index (χ2n) is 3.09. The molecule has 0 saturated heterocycles. The Labute approximate surface area is 64.6 Å². The largest absolute Gasteiger partial charge is 0.390 e. The monoisotopic (exact) mass is 192 g/mol. The van der Waals surface area contributed by atoms with E-state index >= 15 is 0 Å². The van der Waals surface area contributed by atoms with Gasteiger partial charge in [0.25, 0.3) is 0 Å². The molecule has 0 aliphatic heterocycles. The topological polar surface area (TPSA) is 20.2 Å². The van der Waals surface area contributed by atoms with E-state index in [1.54, 1.807) is 0 Å². The first-order valence-corrected chi connectivity index (χ1v) is 4.57. The maximum absolute atomic E-state index is 9.30. The van der Waals surface area contributed by atoms with Gasteiger partial charge in [-0.1, -0.05) is 15.9 Å². The zero-order chi connectivity index (χ0) is 6.91. The van der Waals surface area contributed by atoms with Crippen LogP contribution in [-0.4, -0.2) is 16.0 Å². The van der Waals surface area contributed by atoms with E-state index in [4.69, 9.17) is 0 Å². The summed E-state index contributed by atoms with van der Waals surface area (Å²) in [6.45, 7) is 1.92. The molecular formula is C7H13BrO. The van der Waals surface area contributed by atoms with Crippen molar-refractivity contribution in [3.8, 4) is 0 Å². The molecule has 0 bridgehead atoms. The Kier molecular flexibility index (Phi) is 2.17. The van der Waals surface area contributed by atoms with Gasteiger partial charge >= 0.3 is 0 Å². The van der Waals surface area contributed by atoms with Crippen LogP contribution in [0.2, 0.25) is 0 Å². The number of hydrogen-bond acceptors (Lipinski definition) is 1. The van der Waals surface area contributed by atoms with Crippen LogP contribution in [0.15, 0.2) is 0 Å². The molecule has 0 amide bonds. The second kappa shape index (κ2) is 2.59. The SMILES string of the molecule is C[C@@]1(O)C[C@H]1CCCBr. The van der Waals surface area contributed by atoms with Crippen LogP contribution in [-0.2, 0) is 0 Å². The second-order valence-corrected chi connectivity index (χ2v) is 3.88. The molecule has 0 aromatic carbocycles. The summed E-state index contributed by atoms with van der Waals surface area (Å²) in [5.41, 5.74) is -0.303. The van der Waals surface area contributed by atoms with E-state index in [1.807, 2.05) is 6.92 Å². The van der Waals surface area contributed by atoms with E-state index in [-0.39, 0.29) is 5.60 Å². The highest BCUT2D eigenvalue weighted by Gasteiger charge is 2.47. The van der Waals surface area contributed by atoms with Crippen LogP contribution in [0, 0.1) is 5.92 Å². The molecule has 0 spiro atoms. The van der Waals surface area contributed by atoms with Crippen LogP contribution in [0.4, 0.5) is 0 Å². The number of alkyl halides is 1. The van der Waals surface area contributed by atoms with Crippen LogP contribution in [0.25, 0.3) is 0 Å². The lowest BCUT2D eigenvalue weighted by atomic mass is 10.2. The third kappa shape index (κ3) is 1.94.